The van der Waals surface area contributed by atoms with Gasteiger partial charge in [-0.2, -0.15) is 0 Å². The van der Waals surface area contributed by atoms with E-state index < -0.39 is 17.8 Å². The molecule has 0 radical (unpaired) electrons. The van der Waals surface area contributed by atoms with E-state index in [-0.39, 0.29) is 19.1 Å². The summed E-state index contributed by atoms with van der Waals surface area (Å²) in [6.45, 7) is 6.32. The lowest BCUT2D eigenvalue weighted by Crippen LogP contribution is -2.39. The number of rotatable bonds is 5. The molecule has 3 rings (SSSR count). The first kappa shape index (κ1) is 20.7. The van der Waals surface area contributed by atoms with E-state index in [0.29, 0.717) is 6.54 Å². The maximum absolute atomic E-state index is 12.1. The maximum Gasteiger partial charge on any atom is 0.410 e. The maximum atomic E-state index is 12.1. The van der Waals surface area contributed by atoms with Crippen LogP contribution in [-0.2, 0) is 9.47 Å². The number of fused-ring (bicyclic) bond motifs is 3. The molecule has 2 aromatic rings. The molecule has 0 bridgehead atoms. The minimum absolute atomic E-state index is 0.0255. The highest BCUT2D eigenvalue weighted by Crippen LogP contribution is 2.44. The van der Waals surface area contributed by atoms with Gasteiger partial charge in [-0.3, -0.25) is 0 Å². The van der Waals surface area contributed by atoms with Crippen molar-refractivity contribution in [1.29, 1.82) is 0 Å². The molecule has 6 nitrogen and oxygen atoms in total. The van der Waals surface area contributed by atoms with Crippen LogP contribution < -0.4 is 5.32 Å². The van der Waals surface area contributed by atoms with Gasteiger partial charge in [0.15, 0.2) is 0 Å². The van der Waals surface area contributed by atoms with Crippen LogP contribution in [0.15, 0.2) is 48.5 Å². The van der Waals surface area contributed by atoms with Crippen LogP contribution in [0.5, 0.6) is 0 Å². The number of likely N-dealkylation sites (N-methyl/N-ethyl adjacent to an activating group) is 1. The first-order chi connectivity index (χ1) is 13.8. The fourth-order valence-corrected chi connectivity index (χ4v) is 3.41. The van der Waals surface area contributed by atoms with Gasteiger partial charge in [-0.1, -0.05) is 48.5 Å². The Morgan fingerprint density at radius 3 is 2.10 bits per heavy atom. The zero-order valence-corrected chi connectivity index (χ0v) is 17.4. The number of benzene rings is 2. The summed E-state index contributed by atoms with van der Waals surface area (Å²) in [5, 5.41) is 2.69. The van der Waals surface area contributed by atoms with Crippen molar-refractivity contribution in [2.45, 2.75) is 32.3 Å². The normalized spacial score (nSPS) is 12.7. The molecule has 0 aromatic heterocycles. The van der Waals surface area contributed by atoms with Crippen LogP contribution >= 0.6 is 0 Å². The van der Waals surface area contributed by atoms with E-state index in [0.717, 1.165) is 0 Å². The number of hydrogen-bond acceptors (Lipinski definition) is 4. The molecule has 0 saturated carbocycles. The monoisotopic (exact) mass is 396 g/mol. The molecule has 2 aromatic carbocycles. The summed E-state index contributed by atoms with van der Waals surface area (Å²) in [4.78, 5) is 25.5. The highest BCUT2D eigenvalue weighted by molar-refractivity contribution is 5.79. The van der Waals surface area contributed by atoms with E-state index in [4.69, 9.17) is 9.47 Å². The SMILES string of the molecule is CN(CCNC(=O)OCC1c2ccccc2-c2ccccc21)C(=O)OC(C)(C)C. The van der Waals surface area contributed by atoms with Crippen molar-refractivity contribution in [3.05, 3.63) is 59.7 Å². The Kier molecular flexibility index (Phi) is 6.11. The van der Waals surface area contributed by atoms with E-state index in [1.807, 2.05) is 45.0 Å². The second-order valence-corrected chi connectivity index (χ2v) is 8.15. The fourth-order valence-electron chi connectivity index (χ4n) is 3.41. The second kappa shape index (κ2) is 8.55. The van der Waals surface area contributed by atoms with Crippen LogP contribution in [0.1, 0.15) is 37.8 Å². The molecular weight excluding hydrogens is 368 g/mol. The van der Waals surface area contributed by atoms with Crippen molar-refractivity contribution in [1.82, 2.24) is 10.2 Å². The molecule has 1 aliphatic rings. The Morgan fingerprint density at radius 1 is 1.00 bits per heavy atom. The predicted molar refractivity (Wildman–Crippen MR) is 112 cm³/mol. The summed E-state index contributed by atoms with van der Waals surface area (Å²) in [6, 6.07) is 16.4. The summed E-state index contributed by atoms with van der Waals surface area (Å²) in [7, 11) is 1.63. The Labute approximate surface area is 171 Å². The number of hydrogen-bond donors (Lipinski definition) is 1. The number of nitrogens with zero attached hydrogens (tertiary/aromatic N) is 1. The third-order valence-electron chi connectivity index (χ3n) is 4.77. The topological polar surface area (TPSA) is 67.9 Å². The van der Waals surface area contributed by atoms with Gasteiger partial charge in [-0.05, 0) is 43.0 Å². The first-order valence-corrected chi connectivity index (χ1v) is 9.79. The molecule has 1 aliphatic carbocycles. The molecule has 0 aliphatic heterocycles. The average molecular weight is 396 g/mol. The van der Waals surface area contributed by atoms with Gasteiger partial charge in [0, 0.05) is 26.1 Å². The summed E-state index contributed by atoms with van der Waals surface area (Å²) >= 11 is 0. The third kappa shape index (κ3) is 5.08. The van der Waals surface area contributed by atoms with E-state index in [1.165, 1.54) is 27.2 Å². The largest absolute Gasteiger partial charge is 0.449 e. The average Bonchev–Trinajstić information content (AvgIpc) is 2.99. The van der Waals surface area contributed by atoms with Gasteiger partial charge in [0.25, 0.3) is 0 Å². The molecule has 154 valence electrons. The Hall–Kier alpha value is -3.02. The molecule has 0 heterocycles. The smallest absolute Gasteiger partial charge is 0.410 e. The predicted octanol–water partition coefficient (Wildman–Crippen LogP) is 4.39. The molecule has 2 amide bonds. The number of alkyl carbamates (subject to hydrolysis) is 1. The van der Waals surface area contributed by atoms with Gasteiger partial charge in [0.2, 0.25) is 0 Å². The van der Waals surface area contributed by atoms with E-state index in [1.54, 1.807) is 7.05 Å². The van der Waals surface area contributed by atoms with Crippen LogP contribution in [0.4, 0.5) is 9.59 Å². The molecule has 29 heavy (non-hydrogen) atoms. The summed E-state index contributed by atoms with van der Waals surface area (Å²) in [5.41, 5.74) is 4.18. The summed E-state index contributed by atoms with van der Waals surface area (Å²) in [5.74, 6) is 0.0255. The quantitative estimate of drug-likeness (QED) is 0.814. The zero-order valence-electron chi connectivity index (χ0n) is 17.4. The Balaban J connectivity index is 1.50. The lowest BCUT2D eigenvalue weighted by Gasteiger charge is -2.24. The first-order valence-electron chi connectivity index (χ1n) is 9.79. The standard InChI is InChI=1S/C23H28N2O4/c1-23(2,3)29-22(27)25(4)14-13-24-21(26)28-15-20-18-11-7-5-9-16(18)17-10-6-8-12-19(17)20/h5-12,20H,13-15H2,1-4H3,(H,24,26). The Morgan fingerprint density at radius 2 is 1.55 bits per heavy atom. The highest BCUT2D eigenvalue weighted by atomic mass is 16.6. The third-order valence-corrected chi connectivity index (χ3v) is 4.77. The fraction of sp³-hybridized carbons (Fsp3) is 0.391. The van der Waals surface area contributed by atoms with Crippen LogP contribution in [-0.4, -0.2) is 49.4 Å². The highest BCUT2D eigenvalue weighted by Gasteiger charge is 2.29. The van der Waals surface area contributed by atoms with Crippen LogP contribution in [0.2, 0.25) is 0 Å². The van der Waals surface area contributed by atoms with Crippen molar-refractivity contribution in [3.8, 4) is 11.1 Å². The molecular formula is C23H28N2O4. The van der Waals surface area contributed by atoms with Crippen molar-refractivity contribution >= 4 is 12.2 Å². The molecule has 0 fully saturated rings. The van der Waals surface area contributed by atoms with Gasteiger partial charge < -0.3 is 19.7 Å². The molecule has 6 heteroatoms. The number of nitrogens with one attached hydrogen (secondary N) is 1. The minimum atomic E-state index is -0.550. The minimum Gasteiger partial charge on any atom is -0.449 e. The van der Waals surface area contributed by atoms with Gasteiger partial charge in [-0.15, -0.1) is 0 Å². The van der Waals surface area contributed by atoms with E-state index in [2.05, 4.69) is 29.6 Å². The number of ether oxygens (including phenoxy) is 2. The van der Waals surface area contributed by atoms with Crippen molar-refractivity contribution in [2.75, 3.05) is 26.7 Å². The molecule has 1 N–H and O–H groups in total. The lowest BCUT2D eigenvalue weighted by atomic mass is 9.98. The summed E-state index contributed by atoms with van der Waals surface area (Å²) in [6.07, 6.45) is -0.920. The van der Waals surface area contributed by atoms with Crippen LogP contribution in [0, 0.1) is 0 Å². The Bertz CT molecular complexity index is 843. The zero-order chi connectivity index (χ0) is 21.0. The van der Waals surface area contributed by atoms with Gasteiger partial charge in [-0.25, -0.2) is 9.59 Å². The number of carbonyl (C=O) groups excluding carboxylic acids is 2. The van der Waals surface area contributed by atoms with E-state index in [9.17, 15) is 9.59 Å². The van der Waals surface area contributed by atoms with Gasteiger partial charge in [0.1, 0.15) is 12.2 Å². The molecule has 0 atom stereocenters. The second-order valence-electron chi connectivity index (χ2n) is 8.15. The number of amides is 2. The van der Waals surface area contributed by atoms with Gasteiger partial charge in [0.05, 0.1) is 0 Å². The lowest BCUT2D eigenvalue weighted by molar-refractivity contribution is 0.0299. The van der Waals surface area contributed by atoms with Crippen molar-refractivity contribution in [2.24, 2.45) is 0 Å². The van der Waals surface area contributed by atoms with Crippen molar-refractivity contribution < 1.29 is 19.1 Å². The van der Waals surface area contributed by atoms with E-state index >= 15 is 0 Å². The van der Waals surface area contributed by atoms with Crippen LogP contribution in [0.3, 0.4) is 0 Å². The molecule has 0 unspecified atom stereocenters. The molecule has 0 spiro atoms. The summed E-state index contributed by atoms with van der Waals surface area (Å²) < 4.78 is 10.8. The van der Waals surface area contributed by atoms with Gasteiger partial charge >= 0.3 is 12.2 Å². The number of carbonyl (C=O) groups is 2. The van der Waals surface area contributed by atoms with Crippen molar-refractivity contribution in [3.63, 3.8) is 0 Å². The van der Waals surface area contributed by atoms with Crippen LogP contribution in [0.25, 0.3) is 11.1 Å². The molecule has 0 saturated heterocycles.